The van der Waals surface area contributed by atoms with Crippen molar-refractivity contribution in [2.75, 3.05) is 5.32 Å². The molecule has 0 unspecified atom stereocenters. The number of anilines is 1. The molecule has 1 heterocycles. The van der Waals surface area contributed by atoms with E-state index < -0.39 is 0 Å². The lowest BCUT2D eigenvalue weighted by molar-refractivity contribution is 0.250. The number of aromatic nitrogens is 4. The van der Waals surface area contributed by atoms with E-state index in [-0.39, 0.29) is 12.1 Å². The molecule has 2 rings (SSSR count). The molecule has 0 aliphatic rings. The second kappa shape index (κ2) is 5.26. The highest BCUT2D eigenvalue weighted by molar-refractivity contribution is 5.90. The lowest BCUT2D eigenvalue weighted by atomic mass is 10.2. The average Bonchev–Trinajstić information content (AvgIpc) is 2.81. The Labute approximate surface area is 104 Å². The van der Waals surface area contributed by atoms with Crippen LogP contribution in [-0.4, -0.2) is 32.7 Å². The van der Waals surface area contributed by atoms with Crippen molar-refractivity contribution in [2.24, 2.45) is 0 Å². The molecular weight excluding hydrogens is 232 g/mol. The van der Waals surface area contributed by atoms with Crippen LogP contribution in [-0.2, 0) is 0 Å². The van der Waals surface area contributed by atoms with Gasteiger partial charge in [0.1, 0.15) is 0 Å². The van der Waals surface area contributed by atoms with Gasteiger partial charge >= 0.3 is 6.03 Å². The predicted octanol–water partition coefficient (Wildman–Crippen LogP) is 1.40. The molecule has 0 atom stereocenters. The summed E-state index contributed by atoms with van der Waals surface area (Å²) in [6.45, 7) is 3.80. The summed E-state index contributed by atoms with van der Waals surface area (Å²) < 4.78 is 0. The van der Waals surface area contributed by atoms with Crippen LogP contribution in [0.15, 0.2) is 24.3 Å². The number of urea groups is 1. The van der Waals surface area contributed by atoms with Crippen LogP contribution in [0.3, 0.4) is 0 Å². The molecule has 2 aromatic rings. The quantitative estimate of drug-likeness (QED) is 0.762. The van der Waals surface area contributed by atoms with Gasteiger partial charge in [0, 0.05) is 17.3 Å². The first kappa shape index (κ1) is 12.0. The van der Waals surface area contributed by atoms with Gasteiger partial charge in [-0.1, -0.05) is 12.1 Å². The largest absolute Gasteiger partial charge is 0.336 e. The molecule has 0 radical (unpaired) electrons. The van der Waals surface area contributed by atoms with E-state index in [0.29, 0.717) is 11.5 Å². The van der Waals surface area contributed by atoms with Crippen molar-refractivity contribution >= 4 is 11.7 Å². The Kier molecular flexibility index (Phi) is 3.52. The highest BCUT2D eigenvalue weighted by atomic mass is 16.2. The number of amides is 2. The Morgan fingerprint density at radius 2 is 2.22 bits per heavy atom. The molecule has 1 aromatic heterocycles. The summed E-state index contributed by atoms with van der Waals surface area (Å²) in [7, 11) is 0. The minimum absolute atomic E-state index is 0.0883. The van der Waals surface area contributed by atoms with Gasteiger partial charge in [-0.15, -0.1) is 10.2 Å². The smallest absolute Gasteiger partial charge is 0.319 e. The molecule has 1 aromatic carbocycles. The first-order valence-corrected chi connectivity index (χ1v) is 5.56. The summed E-state index contributed by atoms with van der Waals surface area (Å²) >= 11 is 0. The van der Waals surface area contributed by atoms with Gasteiger partial charge in [-0.05, 0) is 31.2 Å². The van der Waals surface area contributed by atoms with Gasteiger partial charge < -0.3 is 10.6 Å². The third-order valence-electron chi connectivity index (χ3n) is 2.14. The monoisotopic (exact) mass is 246 g/mol. The molecule has 0 bridgehead atoms. The minimum atomic E-state index is -0.240. The molecular formula is C11H14N6O. The van der Waals surface area contributed by atoms with Crippen LogP contribution in [0, 0.1) is 0 Å². The van der Waals surface area contributed by atoms with Gasteiger partial charge in [0.25, 0.3) is 0 Å². The summed E-state index contributed by atoms with van der Waals surface area (Å²) in [5.74, 6) is 0.489. The van der Waals surface area contributed by atoms with Crippen molar-refractivity contribution in [3.63, 3.8) is 0 Å². The zero-order valence-electron chi connectivity index (χ0n) is 10.1. The van der Waals surface area contributed by atoms with Gasteiger partial charge in [-0.25, -0.2) is 4.79 Å². The van der Waals surface area contributed by atoms with E-state index in [1.54, 1.807) is 12.1 Å². The summed E-state index contributed by atoms with van der Waals surface area (Å²) in [6, 6.07) is 7.09. The van der Waals surface area contributed by atoms with Crippen molar-refractivity contribution in [3.05, 3.63) is 24.3 Å². The standard InChI is InChI=1S/C11H14N6O/c1-7(2)12-11(18)13-9-5-3-4-8(6-9)10-14-16-17-15-10/h3-7H,1-2H3,(H2,12,13,18)(H,14,15,16,17). The number of tetrazole rings is 1. The topological polar surface area (TPSA) is 95.6 Å². The van der Waals surface area contributed by atoms with E-state index in [4.69, 9.17) is 0 Å². The van der Waals surface area contributed by atoms with E-state index >= 15 is 0 Å². The van der Waals surface area contributed by atoms with Crippen molar-refractivity contribution in [1.29, 1.82) is 0 Å². The Hall–Kier alpha value is -2.44. The average molecular weight is 246 g/mol. The van der Waals surface area contributed by atoms with E-state index in [2.05, 4.69) is 31.3 Å². The molecule has 0 aliphatic heterocycles. The Balaban J connectivity index is 2.11. The maximum Gasteiger partial charge on any atom is 0.319 e. The number of hydrogen-bond donors (Lipinski definition) is 3. The molecule has 7 heteroatoms. The molecule has 7 nitrogen and oxygen atoms in total. The number of H-pyrrole nitrogens is 1. The Bertz CT molecular complexity index is 522. The summed E-state index contributed by atoms with van der Waals surface area (Å²) in [4.78, 5) is 11.5. The number of carbonyl (C=O) groups is 1. The van der Waals surface area contributed by atoms with E-state index in [0.717, 1.165) is 5.56 Å². The maximum atomic E-state index is 11.5. The molecule has 3 N–H and O–H groups in total. The first-order valence-electron chi connectivity index (χ1n) is 5.56. The molecule has 0 saturated heterocycles. The highest BCUT2D eigenvalue weighted by Gasteiger charge is 2.06. The van der Waals surface area contributed by atoms with Crippen LogP contribution < -0.4 is 10.6 Å². The van der Waals surface area contributed by atoms with Crippen molar-refractivity contribution in [3.8, 4) is 11.4 Å². The number of hydrogen-bond acceptors (Lipinski definition) is 4. The van der Waals surface area contributed by atoms with Crippen molar-refractivity contribution < 1.29 is 4.79 Å². The lowest BCUT2D eigenvalue weighted by Crippen LogP contribution is -2.34. The van der Waals surface area contributed by atoms with E-state index in [1.165, 1.54) is 0 Å². The van der Waals surface area contributed by atoms with Crippen LogP contribution in [0.2, 0.25) is 0 Å². The third kappa shape index (κ3) is 3.03. The number of nitrogens with one attached hydrogen (secondary N) is 3. The normalized spacial score (nSPS) is 10.4. The second-order valence-corrected chi connectivity index (χ2v) is 4.07. The third-order valence-corrected chi connectivity index (χ3v) is 2.14. The number of rotatable bonds is 3. The number of benzene rings is 1. The van der Waals surface area contributed by atoms with Crippen LogP contribution in [0.1, 0.15) is 13.8 Å². The van der Waals surface area contributed by atoms with Crippen LogP contribution in [0.25, 0.3) is 11.4 Å². The molecule has 2 amide bonds. The molecule has 0 saturated carbocycles. The minimum Gasteiger partial charge on any atom is -0.336 e. The fourth-order valence-electron chi connectivity index (χ4n) is 1.45. The summed E-state index contributed by atoms with van der Waals surface area (Å²) in [5.41, 5.74) is 1.46. The molecule has 18 heavy (non-hydrogen) atoms. The number of carbonyl (C=O) groups excluding carboxylic acids is 1. The van der Waals surface area contributed by atoms with Gasteiger partial charge in [-0.2, -0.15) is 5.21 Å². The first-order chi connectivity index (χ1) is 8.65. The number of nitrogens with zero attached hydrogens (tertiary/aromatic N) is 3. The van der Waals surface area contributed by atoms with Crippen LogP contribution in [0.4, 0.5) is 10.5 Å². The lowest BCUT2D eigenvalue weighted by Gasteiger charge is -2.10. The maximum absolute atomic E-state index is 11.5. The van der Waals surface area contributed by atoms with Crippen LogP contribution in [0.5, 0.6) is 0 Å². The molecule has 0 aliphatic carbocycles. The predicted molar refractivity (Wildman–Crippen MR) is 66.9 cm³/mol. The fraction of sp³-hybridized carbons (Fsp3) is 0.273. The Morgan fingerprint density at radius 3 is 2.89 bits per heavy atom. The van der Waals surface area contributed by atoms with Crippen LogP contribution >= 0.6 is 0 Å². The van der Waals surface area contributed by atoms with E-state index in [1.807, 2.05) is 26.0 Å². The SMILES string of the molecule is CC(C)NC(=O)Nc1cccc(-c2nn[nH]n2)c1. The summed E-state index contributed by atoms with van der Waals surface area (Å²) in [6.07, 6.45) is 0. The fourth-order valence-corrected chi connectivity index (χ4v) is 1.45. The molecule has 0 spiro atoms. The van der Waals surface area contributed by atoms with Gasteiger partial charge in [0.2, 0.25) is 5.82 Å². The van der Waals surface area contributed by atoms with Gasteiger partial charge in [0.05, 0.1) is 0 Å². The molecule has 0 fully saturated rings. The zero-order chi connectivity index (χ0) is 13.0. The Morgan fingerprint density at radius 1 is 1.39 bits per heavy atom. The van der Waals surface area contributed by atoms with E-state index in [9.17, 15) is 4.79 Å². The van der Waals surface area contributed by atoms with Gasteiger partial charge in [0.15, 0.2) is 0 Å². The number of aromatic amines is 1. The highest BCUT2D eigenvalue weighted by Crippen LogP contribution is 2.18. The molecule has 94 valence electrons. The van der Waals surface area contributed by atoms with Gasteiger partial charge in [-0.3, -0.25) is 0 Å². The van der Waals surface area contributed by atoms with Crippen molar-refractivity contribution in [1.82, 2.24) is 25.9 Å². The summed E-state index contributed by atoms with van der Waals surface area (Å²) in [5, 5.41) is 19.1. The van der Waals surface area contributed by atoms with Crippen molar-refractivity contribution in [2.45, 2.75) is 19.9 Å². The second-order valence-electron chi connectivity index (χ2n) is 4.07. The zero-order valence-corrected chi connectivity index (χ0v) is 10.1.